The Bertz CT molecular complexity index is 504. The number of hydrogen-bond donors (Lipinski definition) is 2. The molecule has 1 aromatic heterocycles. The average molecular weight is 290 g/mol. The van der Waals surface area contributed by atoms with Gasteiger partial charge < -0.3 is 10.6 Å². The molecule has 118 valence electrons. The molecule has 4 nitrogen and oxygen atoms in total. The molecule has 2 rings (SSSR count). The molecule has 2 N–H and O–H groups in total. The molecule has 0 aromatic carbocycles. The van der Waals surface area contributed by atoms with Crippen LogP contribution in [0.5, 0.6) is 0 Å². The van der Waals surface area contributed by atoms with E-state index in [1.807, 2.05) is 7.05 Å². The van der Waals surface area contributed by atoms with Gasteiger partial charge >= 0.3 is 0 Å². The first kappa shape index (κ1) is 16.1. The van der Waals surface area contributed by atoms with Gasteiger partial charge in [-0.15, -0.1) is 0 Å². The Labute approximate surface area is 129 Å². The molecule has 3 atom stereocenters. The molecule has 1 aliphatic rings. The van der Waals surface area contributed by atoms with Crippen LogP contribution in [0.15, 0.2) is 0 Å². The summed E-state index contributed by atoms with van der Waals surface area (Å²) in [6.07, 6.45) is 2.53. The Morgan fingerprint density at radius 1 is 1.05 bits per heavy atom. The van der Waals surface area contributed by atoms with Crippen LogP contribution >= 0.6 is 0 Å². The van der Waals surface area contributed by atoms with Gasteiger partial charge in [0.05, 0.1) is 0 Å². The number of nitrogens with one attached hydrogen (secondary N) is 2. The summed E-state index contributed by atoms with van der Waals surface area (Å²) in [6, 6.07) is 0.520. The van der Waals surface area contributed by atoms with Gasteiger partial charge in [0.1, 0.15) is 17.5 Å². The van der Waals surface area contributed by atoms with Crippen molar-refractivity contribution in [3.8, 4) is 0 Å². The minimum absolute atomic E-state index is 0.0513. The van der Waals surface area contributed by atoms with Gasteiger partial charge in [-0.05, 0) is 31.6 Å². The lowest BCUT2D eigenvalue weighted by Crippen LogP contribution is -2.27. The topological polar surface area (TPSA) is 49.8 Å². The molecule has 1 aliphatic carbocycles. The van der Waals surface area contributed by atoms with Crippen LogP contribution in [0.25, 0.3) is 0 Å². The van der Waals surface area contributed by atoms with Crippen molar-refractivity contribution < 1.29 is 0 Å². The van der Waals surface area contributed by atoms with Crippen molar-refractivity contribution in [1.29, 1.82) is 0 Å². The second-order valence-corrected chi connectivity index (χ2v) is 7.53. The van der Waals surface area contributed by atoms with Crippen LogP contribution in [0.1, 0.15) is 58.8 Å². The minimum Gasteiger partial charge on any atom is -0.373 e. The Morgan fingerprint density at radius 2 is 1.67 bits per heavy atom. The fourth-order valence-electron chi connectivity index (χ4n) is 2.98. The van der Waals surface area contributed by atoms with Crippen LogP contribution in [0.3, 0.4) is 0 Å². The second-order valence-electron chi connectivity index (χ2n) is 7.53. The van der Waals surface area contributed by atoms with E-state index < -0.39 is 0 Å². The van der Waals surface area contributed by atoms with E-state index in [1.54, 1.807) is 0 Å². The fourth-order valence-corrected chi connectivity index (χ4v) is 2.98. The summed E-state index contributed by atoms with van der Waals surface area (Å²) < 4.78 is 0. The third-order valence-electron chi connectivity index (χ3n) is 4.84. The summed E-state index contributed by atoms with van der Waals surface area (Å²) in [5.41, 5.74) is 1.06. The number of hydrogen-bond acceptors (Lipinski definition) is 4. The quantitative estimate of drug-likeness (QED) is 0.884. The SMILES string of the molecule is CNc1nc(C(C)(C)C)nc(NC2CCC(C)C2C)c1C. The summed E-state index contributed by atoms with van der Waals surface area (Å²) in [6.45, 7) is 13.2. The van der Waals surface area contributed by atoms with Gasteiger partial charge in [0.2, 0.25) is 0 Å². The highest BCUT2D eigenvalue weighted by Gasteiger charge is 2.31. The average Bonchev–Trinajstić information content (AvgIpc) is 2.71. The highest BCUT2D eigenvalue weighted by molar-refractivity contribution is 5.57. The van der Waals surface area contributed by atoms with Crippen LogP contribution in [-0.2, 0) is 5.41 Å². The molecule has 1 fully saturated rings. The Kier molecular flexibility index (Phi) is 4.45. The smallest absolute Gasteiger partial charge is 0.138 e. The lowest BCUT2D eigenvalue weighted by molar-refractivity contribution is 0.434. The Hall–Kier alpha value is -1.32. The van der Waals surface area contributed by atoms with Crippen molar-refractivity contribution in [2.24, 2.45) is 11.8 Å². The Morgan fingerprint density at radius 3 is 2.14 bits per heavy atom. The van der Waals surface area contributed by atoms with E-state index in [1.165, 1.54) is 12.8 Å². The minimum atomic E-state index is -0.0513. The first-order chi connectivity index (χ1) is 9.74. The largest absolute Gasteiger partial charge is 0.373 e. The molecule has 1 saturated carbocycles. The zero-order valence-corrected chi connectivity index (χ0v) is 14.5. The van der Waals surface area contributed by atoms with Crippen molar-refractivity contribution in [2.75, 3.05) is 17.7 Å². The van der Waals surface area contributed by atoms with Gasteiger partial charge in [-0.3, -0.25) is 0 Å². The lowest BCUT2D eigenvalue weighted by Gasteiger charge is -2.24. The van der Waals surface area contributed by atoms with Crippen molar-refractivity contribution >= 4 is 11.6 Å². The van der Waals surface area contributed by atoms with Crippen LogP contribution < -0.4 is 10.6 Å². The van der Waals surface area contributed by atoms with Gasteiger partial charge in [-0.1, -0.05) is 34.6 Å². The molecule has 1 aromatic rings. The van der Waals surface area contributed by atoms with Gasteiger partial charge in [-0.2, -0.15) is 0 Å². The molecule has 21 heavy (non-hydrogen) atoms. The van der Waals surface area contributed by atoms with Crippen LogP contribution in [0.2, 0.25) is 0 Å². The maximum Gasteiger partial charge on any atom is 0.138 e. The van der Waals surface area contributed by atoms with E-state index >= 15 is 0 Å². The van der Waals surface area contributed by atoms with Crippen LogP contribution in [-0.4, -0.2) is 23.1 Å². The van der Waals surface area contributed by atoms with Crippen molar-refractivity contribution in [2.45, 2.75) is 65.8 Å². The summed E-state index contributed by atoms with van der Waals surface area (Å²) in [5, 5.41) is 6.89. The molecule has 0 bridgehead atoms. The van der Waals surface area contributed by atoms with Crippen molar-refractivity contribution in [3.05, 3.63) is 11.4 Å². The highest BCUT2D eigenvalue weighted by Crippen LogP contribution is 2.34. The van der Waals surface area contributed by atoms with Crippen LogP contribution in [0, 0.1) is 18.8 Å². The maximum atomic E-state index is 4.81. The van der Waals surface area contributed by atoms with E-state index in [9.17, 15) is 0 Å². The standard InChI is InChI=1S/C17H30N4/c1-10-8-9-13(11(10)2)19-15-12(3)14(18-7)20-16(21-15)17(4,5)6/h10-11,13H,8-9H2,1-7H3,(H2,18,19,20,21). The summed E-state index contributed by atoms with van der Waals surface area (Å²) >= 11 is 0. The monoisotopic (exact) mass is 290 g/mol. The number of rotatable bonds is 3. The third-order valence-corrected chi connectivity index (χ3v) is 4.84. The maximum absolute atomic E-state index is 4.81. The predicted octanol–water partition coefficient (Wildman–Crippen LogP) is 3.97. The molecule has 4 heteroatoms. The second kappa shape index (κ2) is 5.82. The molecule has 0 aliphatic heterocycles. The van der Waals surface area contributed by atoms with Crippen LogP contribution in [0.4, 0.5) is 11.6 Å². The molecule has 0 radical (unpaired) electrons. The Balaban J connectivity index is 2.34. The van der Waals surface area contributed by atoms with Gasteiger partial charge in [0.25, 0.3) is 0 Å². The molecular weight excluding hydrogens is 260 g/mol. The third kappa shape index (κ3) is 3.30. The normalized spacial score (nSPS) is 26.0. The zero-order chi connectivity index (χ0) is 15.8. The summed E-state index contributed by atoms with van der Waals surface area (Å²) in [5.74, 6) is 4.28. The van der Waals surface area contributed by atoms with Gasteiger partial charge in [0.15, 0.2) is 0 Å². The van der Waals surface area contributed by atoms with Gasteiger partial charge in [0, 0.05) is 24.1 Å². The lowest BCUT2D eigenvalue weighted by atomic mass is 9.95. The highest BCUT2D eigenvalue weighted by atomic mass is 15.1. The summed E-state index contributed by atoms with van der Waals surface area (Å²) in [4.78, 5) is 9.48. The molecule has 0 amide bonds. The van der Waals surface area contributed by atoms with Gasteiger partial charge in [-0.25, -0.2) is 9.97 Å². The van der Waals surface area contributed by atoms with Crippen molar-refractivity contribution in [3.63, 3.8) is 0 Å². The number of aromatic nitrogens is 2. The number of anilines is 2. The molecule has 3 unspecified atom stereocenters. The molecule has 0 saturated heterocycles. The fraction of sp³-hybridized carbons (Fsp3) is 0.765. The van der Waals surface area contributed by atoms with E-state index in [-0.39, 0.29) is 5.41 Å². The number of nitrogens with zero attached hydrogens (tertiary/aromatic N) is 2. The molecule has 0 spiro atoms. The first-order valence-corrected chi connectivity index (χ1v) is 8.07. The van der Waals surface area contributed by atoms with E-state index in [2.05, 4.69) is 57.2 Å². The first-order valence-electron chi connectivity index (χ1n) is 8.07. The molecule has 1 heterocycles. The van der Waals surface area contributed by atoms with Crippen molar-refractivity contribution in [1.82, 2.24) is 9.97 Å². The van der Waals surface area contributed by atoms with E-state index in [4.69, 9.17) is 4.98 Å². The molecular formula is C17H30N4. The predicted molar refractivity (Wildman–Crippen MR) is 90.0 cm³/mol. The van der Waals surface area contributed by atoms with E-state index in [0.717, 1.165) is 28.9 Å². The zero-order valence-electron chi connectivity index (χ0n) is 14.5. The van der Waals surface area contributed by atoms with E-state index in [0.29, 0.717) is 12.0 Å². The summed E-state index contributed by atoms with van der Waals surface area (Å²) in [7, 11) is 1.92.